The molecule has 1 nitrogen and oxygen atoms in total. The average molecular weight is 210 g/mol. The van der Waals surface area contributed by atoms with Gasteiger partial charge < -0.3 is 5.11 Å². The molecule has 2 rings (SSSR count). The number of hydrogen-bond acceptors (Lipinski definition) is 1. The summed E-state index contributed by atoms with van der Waals surface area (Å²) in [4.78, 5) is 0. The van der Waals surface area contributed by atoms with Crippen molar-refractivity contribution >= 4 is 0 Å². The lowest BCUT2D eigenvalue weighted by atomic mass is 9.61. The van der Waals surface area contributed by atoms with E-state index in [1.165, 1.54) is 38.5 Å². The van der Waals surface area contributed by atoms with Crippen LogP contribution in [0.1, 0.15) is 65.7 Å². The van der Waals surface area contributed by atoms with Crippen LogP contribution in [0, 0.1) is 17.3 Å². The maximum Gasteiger partial charge on any atom is 0.0701 e. The summed E-state index contributed by atoms with van der Waals surface area (Å²) in [5, 5.41) is 10.9. The van der Waals surface area contributed by atoms with Gasteiger partial charge in [0.25, 0.3) is 0 Å². The maximum atomic E-state index is 10.9. The van der Waals surface area contributed by atoms with Gasteiger partial charge in [0.1, 0.15) is 0 Å². The molecule has 0 saturated heterocycles. The highest BCUT2D eigenvalue weighted by Crippen LogP contribution is 2.50. The first-order chi connectivity index (χ1) is 6.94. The zero-order valence-electron chi connectivity index (χ0n) is 10.6. The SMILES string of the molecule is CC1CC(C)(C)CCC1(O)C1CCCC1. The van der Waals surface area contributed by atoms with Crippen LogP contribution in [0.3, 0.4) is 0 Å². The van der Waals surface area contributed by atoms with E-state index in [0.29, 0.717) is 17.3 Å². The third-order valence-electron chi connectivity index (χ3n) is 4.98. The van der Waals surface area contributed by atoms with Crippen molar-refractivity contribution in [3.63, 3.8) is 0 Å². The van der Waals surface area contributed by atoms with Crippen LogP contribution in [0.2, 0.25) is 0 Å². The Morgan fingerprint density at radius 3 is 2.20 bits per heavy atom. The van der Waals surface area contributed by atoms with Crippen molar-refractivity contribution in [3.8, 4) is 0 Å². The first-order valence-electron chi connectivity index (χ1n) is 6.66. The second-order valence-corrected chi connectivity index (χ2v) is 6.74. The summed E-state index contributed by atoms with van der Waals surface area (Å²) in [6.07, 6.45) is 8.63. The Kier molecular flexibility index (Phi) is 2.87. The van der Waals surface area contributed by atoms with Gasteiger partial charge >= 0.3 is 0 Å². The number of hydrogen-bond donors (Lipinski definition) is 1. The van der Waals surface area contributed by atoms with Crippen molar-refractivity contribution in [2.45, 2.75) is 71.3 Å². The van der Waals surface area contributed by atoms with E-state index in [-0.39, 0.29) is 5.60 Å². The highest BCUT2D eigenvalue weighted by Gasteiger charge is 2.47. The minimum absolute atomic E-state index is 0.327. The van der Waals surface area contributed by atoms with E-state index in [2.05, 4.69) is 20.8 Å². The second-order valence-electron chi connectivity index (χ2n) is 6.74. The molecular formula is C14H26O. The lowest BCUT2D eigenvalue weighted by Gasteiger charge is -2.48. The van der Waals surface area contributed by atoms with Gasteiger partial charge in [-0.1, -0.05) is 33.6 Å². The Hall–Kier alpha value is -0.0400. The fourth-order valence-corrected chi connectivity index (χ4v) is 3.92. The second kappa shape index (κ2) is 3.76. The maximum absolute atomic E-state index is 10.9. The van der Waals surface area contributed by atoms with Gasteiger partial charge in [0, 0.05) is 0 Å². The molecule has 1 heteroatoms. The topological polar surface area (TPSA) is 20.2 Å². The molecule has 2 atom stereocenters. The molecule has 2 saturated carbocycles. The van der Waals surface area contributed by atoms with Crippen LogP contribution in [-0.4, -0.2) is 10.7 Å². The Labute approximate surface area is 94.3 Å². The van der Waals surface area contributed by atoms with Gasteiger partial charge in [-0.15, -0.1) is 0 Å². The minimum Gasteiger partial charge on any atom is -0.389 e. The molecular weight excluding hydrogens is 184 g/mol. The van der Waals surface area contributed by atoms with E-state index in [1.807, 2.05) is 0 Å². The van der Waals surface area contributed by atoms with Gasteiger partial charge in [-0.05, 0) is 49.4 Å². The van der Waals surface area contributed by atoms with E-state index in [4.69, 9.17) is 0 Å². The molecule has 0 bridgehead atoms. The smallest absolute Gasteiger partial charge is 0.0701 e. The third kappa shape index (κ3) is 2.08. The number of aliphatic hydroxyl groups is 1. The molecule has 15 heavy (non-hydrogen) atoms. The van der Waals surface area contributed by atoms with Crippen molar-refractivity contribution in [1.82, 2.24) is 0 Å². The molecule has 0 aromatic heterocycles. The summed E-state index contributed by atoms with van der Waals surface area (Å²) < 4.78 is 0. The summed E-state index contributed by atoms with van der Waals surface area (Å²) >= 11 is 0. The van der Waals surface area contributed by atoms with Crippen molar-refractivity contribution in [2.75, 3.05) is 0 Å². The molecule has 2 fully saturated rings. The van der Waals surface area contributed by atoms with Gasteiger partial charge in [0.2, 0.25) is 0 Å². The molecule has 0 radical (unpaired) electrons. The largest absolute Gasteiger partial charge is 0.389 e. The summed E-state index contributed by atoms with van der Waals surface area (Å²) in [7, 11) is 0. The molecule has 88 valence electrons. The first kappa shape index (κ1) is 11.4. The normalized spacial score (nSPS) is 42.0. The summed E-state index contributed by atoms with van der Waals surface area (Å²) in [5.41, 5.74) is 0.121. The molecule has 0 aromatic carbocycles. The van der Waals surface area contributed by atoms with E-state index < -0.39 is 0 Å². The van der Waals surface area contributed by atoms with E-state index in [9.17, 15) is 5.11 Å². The molecule has 0 amide bonds. The summed E-state index contributed by atoms with van der Waals surface area (Å²) in [6.45, 7) is 6.95. The third-order valence-corrected chi connectivity index (χ3v) is 4.98. The molecule has 0 aromatic rings. The van der Waals surface area contributed by atoms with Crippen LogP contribution >= 0.6 is 0 Å². The standard InChI is InChI=1S/C14H26O/c1-11-10-13(2,3)8-9-14(11,15)12-6-4-5-7-12/h11-12,15H,4-10H2,1-3H3. The fourth-order valence-electron chi connectivity index (χ4n) is 3.92. The highest BCUT2D eigenvalue weighted by atomic mass is 16.3. The van der Waals surface area contributed by atoms with Crippen LogP contribution in [0.25, 0.3) is 0 Å². The molecule has 0 spiro atoms. The van der Waals surface area contributed by atoms with Gasteiger partial charge in [-0.3, -0.25) is 0 Å². The highest BCUT2D eigenvalue weighted by molar-refractivity contribution is 4.98. The summed E-state index contributed by atoms with van der Waals surface area (Å²) in [6, 6.07) is 0. The van der Waals surface area contributed by atoms with Gasteiger partial charge in [0.15, 0.2) is 0 Å². The van der Waals surface area contributed by atoms with Crippen LogP contribution < -0.4 is 0 Å². The van der Waals surface area contributed by atoms with Crippen LogP contribution in [0.4, 0.5) is 0 Å². The van der Waals surface area contributed by atoms with E-state index >= 15 is 0 Å². The fraction of sp³-hybridized carbons (Fsp3) is 1.00. The van der Waals surface area contributed by atoms with Gasteiger partial charge in [-0.2, -0.15) is 0 Å². The molecule has 2 unspecified atom stereocenters. The van der Waals surface area contributed by atoms with E-state index in [0.717, 1.165) is 6.42 Å². The average Bonchev–Trinajstić information content (AvgIpc) is 2.64. The molecule has 2 aliphatic rings. The predicted molar refractivity (Wildman–Crippen MR) is 63.7 cm³/mol. The Morgan fingerprint density at radius 1 is 1.07 bits per heavy atom. The Bertz CT molecular complexity index is 227. The van der Waals surface area contributed by atoms with Crippen LogP contribution in [0.15, 0.2) is 0 Å². The predicted octanol–water partition coefficient (Wildman–Crippen LogP) is 3.75. The molecule has 0 heterocycles. The monoisotopic (exact) mass is 210 g/mol. The van der Waals surface area contributed by atoms with Gasteiger partial charge in [-0.25, -0.2) is 0 Å². The quantitative estimate of drug-likeness (QED) is 0.699. The summed E-state index contributed by atoms with van der Waals surface area (Å²) in [5.74, 6) is 1.09. The zero-order chi connectivity index (χ0) is 11.1. The minimum atomic E-state index is -0.327. The first-order valence-corrected chi connectivity index (χ1v) is 6.66. The molecule has 2 aliphatic carbocycles. The Morgan fingerprint density at radius 2 is 1.67 bits per heavy atom. The lowest BCUT2D eigenvalue weighted by Crippen LogP contribution is -2.48. The molecule has 1 N–H and O–H groups in total. The van der Waals surface area contributed by atoms with E-state index in [1.54, 1.807) is 0 Å². The number of rotatable bonds is 1. The van der Waals surface area contributed by atoms with Crippen LogP contribution in [0.5, 0.6) is 0 Å². The van der Waals surface area contributed by atoms with Gasteiger partial charge in [0.05, 0.1) is 5.60 Å². The lowest BCUT2D eigenvalue weighted by molar-refractivity contribution is -0.110. The van der Waals surface area contributed by atoms with Crippen molar-refractivity contribution < 1.29 is 5.11 Å². The Balaban J connectivity index is 2.08. The van der Waals surface area contributed by atoms with Crippen molar-refractivity contribution in [1.29, 1.82) is 0 Å². The zero-order valence-corrected chi connectivity index (χ0v) is 10.6. The van der Waals surface area contributed by atoms with Crippen LogP contribution in [-0.2, 0) is 0 Å². The van der Waals surface area contributed by atoms with Crippen molar-refractivity contribution in [3.05, 3.63) is 0 Å². The molecule has 0 aliphatic heterocycles. The van der Waals surface area contributed by atoms with Crippen molar-refractivity contribution in [2.24, 2.45) is 17.3 Å².